The first-order chi connectivity index (χ1) is 9.36. The lowest BCUT2D eigenvalue weighted by Crippen LogP contribution is -2.46. The Balaban J connectivity index is 2.40. The van der Waals surface area contributed by atoms with Crippen LogP contribution in [-0.4, -0.2) is 50.2 Å². The van der Waals surface area contributed by atoms with Crippen LogP contribution in [0.1, 0.15) is 5.56 Å². The fraction of sp³-hybridized carbons (Fsp3) is 0.500. The molecule has 0 spiro atoms. The van der Waals surface area contributed by atoms with Crippen molar-refractivity contribution >= 4 is 15.7 Å². The van der Waals surface area contributed by atoms with E-state index in [4.69, 9.17) is 15.6 Å². The molecule has 0 amide bonds. The molecule has 0 radical (unpaired) electrons. The highest BCUT2D eigenvalue weighted by Gasteiger charge is 2.32. The van der Waals surface area contributed by atoms with E-state index in [1.54, 1.807) is 0 Å². The maximum absolute atomic E-state index is 13.7. The molecule has 2 rings (SSSR count). The molecule has 1 unspecified atom stereocenters. The third-order valence-electron chi connectivity index (χ3n) is 3.24. The molecular formula is C12H17FN2O4S. The predicted molar refractivity (Wildman–Crippen MR) is 71.1 cm³/mol. The van der Waals surface area contributed by atoms with Crippen molar-refractivity contribution in [2.45, 2.75) is 17.9 Å². The lowest BCUT2D eigenvalue weighted by Gasteiger charge is -2.31. The normalized spacial score (nSPS) is 21.1. The van der Waals surface area contributed by atoms with E-state index in [-0.39, 0.29) is 42.4 Å². The molecule has 20 heavy (non-hydrogen) atoms. The Morgan fingerprint density at radius 3 is 2.90 bits per heavy atom. The van der Waals surface area contributed by atoms with Gasteiger partial charge in [0.25, 0.3) is 0 Å². The summed E-state index contributed by atoms with van der Waals surface area (Å²) in [6.45, 7) is 1.51. The SMILES string of the molecule is Cc1c(F)cc(N)cc1S(=O)(=O)N1CCOC(CO)C1. The number of halogens is 1. The quantitative estimate of drug-likeness (QED) is 0.773. The summed E-state index contributed by atoms with van der Waals surface area (Å²) < 4.78 is 45.1. The number of aliphatic hydroxyl groups is 1. The van der Waals surface area contributed by atoms with Crippen molar-refractivity contribution in [1.82, 2.24) is 4.31 Å². The number of hydrogen-bond donors (Lipinski definition) is 2. The van der Waals surface area contributed by atoms with Gasteiger partial charge in [0.2, 0.25) is 10.0 Å². The molecule has 1 saturated heterocycles. The standard InChI is InChI=1S/C12H17FN2O4S/c1-8-11(13)4-9(14)5-12(8)20(17,18)15-2-3-19-10(6-15)7-16/h4-5,10,16H,2-3,6-7,14H2,1H3. The van der Waals surface area contributed by atoms with Gasteiger partial charge in [0.1, 0.15) is 5.82 Å². The number of benzene rings is 1. The Kier molecular flexibility index (Phi) is 4.28. The van der Waals surface area contributed by atoms with Gasteiger partial charge in [-0.15, -0.1) is 0 Å². The van der Waals surface area contributed by atoms with E-state index in [1.807, 2.05) is 0 Å². The molecule has 8 heteroatoms. The molecule has 0 saturated carbocycles. The zero-order chi connectivity index (χ0) is 14.9. The molecule has 1 fully saturated rings. The van der Waals surface area contributed by atoms with Gasteiger partial charge in [0.05, 0.1) is 24.2 Å². The van der Waals surface area contributed by atoms with Crippen LogP contribution < -0.4 is 5.73 Å². The third-order valence-corrected chi connectivity index (χ3v) is 5.23. The molecule has 1 aromatic rings. The van der Waals surface area contributed by atoms with Crippen LogP contribution in [0.4, 0.5) is 10.1 Å². The van der Waals surface area contributed by atoms with Crippen LogP contribution in [0.15, 0.2) is 17.0 Å². The van der Waals surface area contributed by atoms with E-state index in [0.29, 0.717) is 0 Å². The number of hydrogen-bond acceptors (Lipinski definition) is 5. The fourth-order valence-corrected chi connectivity index (χ4v) is 3.83. The number of sulfonamides is 1. The van der Waals surface area contributed by atoms with Crippen molar-refractivity contribution in [3.05, 3.63) is 23.5 Å². The van der Waals surface area contributed by atoms with Gasteiger partial charge >= 0.3 is 0 Å². The maximum Gasteiger partial charge on any atom is 0.243 e. The highest BCUT2D eigenvalue weighted by Crippen LogP contribution is 2.26. The predicted octanol–water partition coefficient (Wildman–Crippen LogP) is 0.0981. The number of aliphatic hydroxyl groups excluding tert-OH is 1. The van der Waals surface area contributed by atoms with E-state index >= 15 is 0 Å². The highest BCUT2D eigenvalue weighted by molar-refractivity contribution is 7.89. The third kappa shape index (κ3) is 2.78. The number of ether oxygens (including phenoxy) is 1. The van der Waals surface area contributed by atoms with Gasteiger partial charge in [0.15, 0.2) is 0 Å². The van der Waals surface area contributed by atoms with Crippen LogP contribution in [-0.2, 0) is 14.8 Å². The van der Waals surface area contributed by atoms with Crippen LogP contribution in [0, 0.1) is 12.7 Å². The summed E-state index contributed by atoms with van der Waals surface area (Å²) in [5.74, 6) is -0.657. The van der Waals surface area contributed by atoms with Gasteiger partial charge in [-0.2, -0.15) is 4.31 Å². The Bertz CT molecular complexity index is 606. The molecule has 1 aliphatic rings. The van der Waals surface area contributed by atoms with Gasteiger partial charge in [0, 0.05) is 24.3 Å². The molecule has 0 aromatic heterocycles. The van der Waals surface area contributed by atoms with Gasteiger partial charge in [-0.1, -0.05) is 0 Å². The zero-order valence-corrected chi connectivity index (χ0v) is 11.9. The van der Waals surface area contributed by atoms with Gasteiger partial charge < -0.3 is 15.6 Å². The molecule has 1 aromatic carbocycles. The minimum absolute atomic E-state index is 0.0336. The van der Waals surface area contributed by atoms with Gasteiger partial charge in [-0.3, -0.25) is 0 Å². The van der Waals surface area contributed by atoms with Crippen LogP contribution in [0.2, 0.25) is 0 Å². The van der Waals surface area contributed by atoms with Crippen molar-refractivity contribution in [1.29, 1.82) is 0 Å². The first-order valence-electron chi connectivity index (χ1n) is 6.14. The maximum atomic E-state index is 13.7. The number of nitrogens with zero attached hydrogens (tertiary/aromatic N) is 1. The smallest absolute Gasteiger partial charge is 0.243 e. The number of nitrogens with two attached hydrogens (primary N) is 1. The molecule has 6 nitrogen and oxygen atoms in total. The number of anilines is 1. The van der Waals surface area contributed by atoms with E-state index in [2.05, 4.69) is 0 Å². The zero-order valence-electron chi connectivity index (χ0n) is 11.0. The summed E-state index contributed by atoms with van der Waals surface area (Å²) in [5, 5.41) is 9.06. The summed E-state index contributed by atoms with van der Waals surface area (Å²) in [6, 6.07) is 2.33. The first kappa shape index (κ1) is 15.2. The van der Waals surface area contributed by atoms with Crippen LogP contribution in [0.25, 0.3) is 0 Å². The van der Waals surface area contributed by atoms with Crippen molar-refractivity contribution in [2.24, 2.45) is 0 Å². The van der Waals surface area contributed by atoms with E-state index < -0.39 is 21.9 Å². The molecule has 1 heterocycles. The summed E-state index contributed by atoms with van der Waals surface area (Å²) >= 11 is 0. The van der Waals surface area contributed by atoms with Crippen LogP contribution in [0.5, 0.6) is 0 Å². The minimum Gasteiger partial charge on any atom is -0.399 e. The second-order valence-electron chi connectivity index (χ2n) is 4.66. The molecular weight excluding hydrogens is 287 g/mol. The average Bonchev–Trinajstić information content (AvgIpc) is 2.42. The summed E-state index contributed by atoms with van der Waals surface area (Å²) in [6.07, 6.45) is -0.565. The van der Waals surface area contributed by atoms with Crippen molar-refractivity contribution < 1.29 is 22.7 Å². The highest BCUT2D eigenvalue weighted by atomic mass is 32.2. The number of nitrogen functional groups attached to an aromatic ring is 1. The molecule has 1 aliphatic heterocycles. The Morgan fingerprint density at radius 1 is 1.55 bits per heavy atom. The monoisotopic (exact) mass is 304 g/mol. The van der Waals surface area contributed by atoms with Gasteiger partial charge in [-0.05, 0) is 19.1 Å². The van der Waals surface area contributed by atoms with Gasteiger partial charge in [-0.25, -0.2) is 12.8 Å². The molecule has 0 bridgehead atoms. The fourth-order valence-electron chi connectivity index (χ4n) is 2.10. The second kappa shape index (κ2) is 5.65. The molecule has 0 aliphatic carbocycles. The number of rotatable bonds is 3. The van der Waals surface area contributed by atoms with Crippen molar-refractivity contribution in [3.8, 4) is 0 Å². The Hall–Kier alpha value is -1.22. The summed E-state index contributed by atoms with van der Waals surface area (Å²) in [5.41, 5.74) is 5.61. The van der Waals surface area contributed by atoms with E-state index in [0.717, 1.165) is 6.07 Å². The molecule has 112 valence electrons. The van der Waals surface area contributed by atoms with Crippen LogP contribution >= 0.6 is 0 Å². The summed E-state index contributed by atoms with van der Waals surface area (Å²) in [4.78, 5) is -0.145. The van der Waals surface area contributed by atoms with Crippen molar-refractivity contribution in [2.75, 3.05) is 32.0 Å². The molecule has 1 atom stereocenters. The van der Waals surface area contributed by atoms with E-state index in [1.165, 1.54) is 17.3 Å². The van der Waals surface area contributed by atoms with Crippen molar-refractivity contribution in [3.63, 3.8) is 0 Å². The lowest BCUT2D eigenvalue weighted by molar-refractivity contribution is -0.0304. The minimum atomic E-state index is -3.86. The largest absolute Gasteiger partial charge is 0.399 e. The first-order valence-corrected chi connectivity index (χ1v) is 7.58. The van der Waals surface area contributed by atoms with E-state index in [9.17, 15) is 12.8 Å². The summed E-state index contributed by atoms with van der Waals surface area (Å²) in [7, 11) is -3.86. The topological polar surface area (TPSA) is 92.9 Å². The number of morpholine rings is 1. The molecule has 3 N–H and O–H groups in total. The second-order valence-corrected chi connectivity index (χ2v) is 6.57. The Morgan fingerprint density at radius 2 is 2.25 bits per heavy atom. The average molecular weight is 304 g/mol. The Labute approximate surface area is 117 Å². The lowest BCUT2D eigenvalue weighted by atomic mass is 10.2. The van der Waals surface area contributed by atoms with Crippen LogP contribution in [0.3, 0.4) is 0 Å².